The molecule has 0 saturated heterocycles. The second kappa shape index (κ2) is 9.01. The lowest BCUT2D eigenvalue weighted by molar-refractivity contribution is 0.109. The molecule has 1 atom stereocenters. The summed E-state index contributed by atoms with van der Waals surface area (Å²) in [7, 11) is 0. The largest absolute Gasteiger partial charge is 0.489 e. The molecule has 2 aromatic carbocycles. The molecule has 1 aliphatic rings. The van der Waals surface area contributed by atoms with Crippen LogP contribution in [0.5, 0.6) is 5.75 Å². The van der Waals surface area contributed by atoms with Gasteiger partial charge in [-0.15, -0.1) is 0 Å². The Morgan fingerprint density at radius 3 is 2.61 bits per heavy atom. The third kappa shape index (κ3) is 4.63. The van der Waals surface area contributed by atoms with Crippen LogP contribution in [-0.2, 0) is 5.41 Å². The fourth-order valence-corrected chi connectivity index (χ4v) is 4.99. The molecule has 0 amide bonds. The number of hydrogen-bond acceptors (Lipinski definition) is 3. The number of halogens is 2. The summed E-state index contributed by atoms with van der Waals surface area (Å²) < 4.78 is 19.8. The maximum Gasteiger partial charge on any atom is 0.255 e. The Labute approximate surface area is 186 Å². The van der Waals surface area contributed by atoms with Gasteiger partial charge in [0.25, 0.3) is 5.56 Å². The lowest BCUT2D eigenvalue weighted by atomic mass is 9.65. The van der Waals surface area contributed by atoms with Crippen LogP contribution >= 0.6 is 11.6 Å². The van der Waals surface area contributed by atoms with Gasteiger partial charge in [0.15, 0.2) is 0 Å². The van der Waals surface area contributed by atoms with Gasteiger partial charge in [-0.1, -0.05) is 30.7 Å². The van der Waals surface area contributed by atoms with Gasteiger partial charge < -0.3 is 15.5 Å². The lowest BCUT2D eigenvalue weighted by Crippen LogP contribution is -2.40. The lowest BCUT2D eigenvalue weighted by Gasteiger charge is -2.42. The molecule has 0 spiro atoms. The summed E-state index contributed by atoms with van der Waals surface area (Å²) in [6.45, 7) is 2.10. The number of hydrogen-bond donors (Lipinski definition) is 2. The second-order valence-corrected chi connectivity index (χ2v) is 9.06. The number of aromatic amines is 1. The molecule has 164 valence electrons. The number of ether oxygens (including phenoxy) is 1. The number of benzene rings is 2. The molecule has 1 aromatic heterocycles. The van der Waals surface area contributed by atoms with Gasteiger partial charge in [-0.05, 0) is 85.2 Å². The van der Waals surface area contributed by atoms with E-state index in [1.54, 1.807) is 12.3 Å². The third-order valence-corrected chi connectivity index (χ3v) is 6.94. The molecular formula is C25H28ClFN2O2. The van der Waals surface area contributed by atoms with Gasteiger partial charge in [-0.2, -0.15) is 0 Å². The minimum absolute atomic E-state index is 0.0309. The van der Waals surface area contributed by atoms with Gasteiger partial charge in [0.1, 0.15) is 11.6 Å². The van der Waals surface area contributed by atoms with Crippen molar-refractivity contribution < 1.29 is 9.13 Å². The molecule has 0 bridgehead atoms. The van der Waals surface area contributed by atoms with Crippen LogP contribution in [0.3, 0.4) is 0 Å². The van der Waals surface area contributed by atoms with Crippen LogP contribution in [0.4, 0.5) is 4.39 Å². The molecule has 1 unspecified atom stereocenters. The van der Waals surface area contributed by atoms with Crippen molar-refractivity contribution in [2.75, 3.05) is 0 Å². The second-order valence-electron chi connectivity index (χ2n) is 8.65. The highest BCUT2D eigenvalue weighted by Crippen LogP contribution is 2.44. The minimum atomic E-state index is -0.222. The van der Waals surface area contributed by atoms with E-state index in [4.69, 9.17) is 22.1 Å². The van der Waals surface area contributed by atoms with E-state index in [0.717, 1.165) is 49.5 Å². The monoisotopic (exact) mass is 442 g/mol. The van der Waals surface area contributed by atoms with Crippen molar-refractivity contribution in [1.29, 1.82) is 0 Å². The van der Waals surface area contributed by atoms with Gasteiger partial charge in [-0.3, -0.25) is 4.79 Å². The summed E-state index contributed by atoms with van der Waals surface area (Å²) in [5, 5.41) is 1.79. The molecule has 3 N–H and O–H groups in total. The van der Waals surface area contributed by atoms with Gasteiger partial charge in [0, 0.05) is 17.6 Å². The number of pyridine rings is 1. The number of aromatic nitrogens is 1. The zero-order valence-electron chi connectivity index (χ0n) is 17.7. The van der Waals surface area contributed by atoms with E-state index in [0.29, 0.717) is 16.2 Å². The van der Waals surface area contributed by atoms with Crippen molar-refractivity contribution in [2.45, 2.75) is 63.0 Å². The molecule has 31 heavy (non-hydrogen) atoms. The maximum atomic E-state index is 13.5. The summed E-state index contributed by atoms with van der Waals surface area (Å²) in [6.07, 6.45) is 7.00. The van der Waals surface area contributed by atoms with Gasteiger partial charge in [0.05, 0.1) is 11.1 Å². The molecule has 1 heterocycles. The van der Waals surface area contributed by atoms with Gasteiger partial charge in [-0.25, -0.2) is 4.39 Å². The molecule has 4 rings (SSSR count). The van der Waals surface area contributed by atoms with E-state index in [9.17, 15) is 9.18 Å². The van der Waals surface area contributed by atoms with Crippen LogP contribution < -0.4 is 16.0 Å². The van der Waals surface area contributed by atoms with Crippen LogP contribution in [-0.4, -0.2) is 17.1 Å². The molecule has 1 fully saturated rings. The van der Waals surface area contributed by atoms with Crippen molar-refractivity contribution in [3.8, 4) is 5.75 Å². The Morgan fingerprint density at radius 1 is 1.23 bits per heavy atom. The quantitative estimate of drug-likeness (QED) is 0.514. The van der Waals surface area contributed by atoms with E-state index in [2.05, 4.69) is 11.9 Å². The zero-order chi connectivity index (χ0) is 22.0. The van der Waals surface area contributed by atoms with Crippen LogP contribution in [0.1, 0.15) is 51.0 Å². The first-order valence-corrected chi connectivity index (χ1v) is 11.3. The smallest absolute Gasteiger partial charge is 0.255 e. The number of H-pyrrole nitrogens is 1. The Bertz CT molecular complexity index is 1100. The fraction of sp³-hybridized carbons (Fsp3) is 0.400. The van der Waals surface area contributed by atoms with Crippen molar-refractivity contribution in [2.24, 2.45) is 5.73 Å². The molecular weight excluding hydrogens is 415 g/mol. The topological polar surface area (TPSA) is 68.1 Å². The van der Waals surface area contributed by atoms with E-state index < -0.39 is 0 Å². The highest BCUT2D eigenvalue weighted by molar-refractivity contribution is 6.32. The number of nitrogens with two attached hydrogens (primary N) is 1. The first kappa shape index (κ1) is 21.8. The Balaban J connectivity index is 1.53. The predicted molar refractivity (Wildman–Crippen MR) is 123 cm³/mol. The normalized spacial score (nSPS) is 22.4. The van der Waals surface area contributed by atoms with Crippen LogP contribution in [0.15, 0.2) is 53.5 Å². The van der Waals surface area contributed by atoms with E-state index in [1.807, 2.05) is 24.3 Å². The standard InChI is InChI=1S/C25H28ClFN2O2/c1-2-19(28)15-25(17-3-5-18(27)6-4-17)10-7-20(8-11-25)31-23-13-16-9-12-29-24(30)21(16)14-22(23)26/h3-6,9,12-14,19-20H,2,7-8,10-11,15,28H2,1H3,(H,29,30)/t19?,20-,25-. The van der Waals surface area contributed by atoms with Crippen molar-refractivity contribution in [3.05, 3.63) is 75.4 Å². The molecule has 6 heteroatoms. The number of rotatable bonds is 6. The molecule has 0 radical (unpaired) electrons. The minimum Gasteiger partial charge on any atom is -0.489 e. The molecule has 1 aliphatic carbocycles. The van der Waals surface area contributed by atoms with Crippen LogP contribution in [0.2, 0.25) is 5.02 Å². The summed E-state index contributed by atoms with van der Waals surface area (Å²) in [5.74, 6) is 0.379. The van der Waals surface area contributed by atoms with Gasteiger partial charge >= 0.3 is 0 Å². The Kier molecular flexibility index (Phi) is 6.35. The summed E-state index contributed by atoms with van der Waals surface area (Å²) >= 11 is 6.42. The van der Waals surface area contributed by atoms with Gasteiger partial charge in [0.2, 0.25) is 0 Å². The highest BCUT2D eigenvalue weighted by atomic mass is 35.5. The van der Waals surface area contributed by atoms with E-state index >= 15 is 0 Å². The first-order chi connectivity index (χ1) is 14.9. The predicted octanol–water partition coefficient (Wildman–Crippen LogP) is 5.71. The Hall–Kier alpha value is -2.37. The molecule has 4 nitrogen and oxygen atoms in total. The summed E-state index contributed by atoms with van der Waals surface area (Å²) in [4.78, 5) is 14.6. The van der Waals surface area contributed by atoms with E-state index in [-0.39, 0.29) is 28.9 Å². The van der Waals surface area contributed by atoms with Crippen molar-refractivity contribution in [1.82, 2.24) is 4.98 Å². The summed E-state index contributed by atoms with van der Waals surface area (Å²) in [6, 6.07) is 12.3. The fourth-order valence-electron chi connectivity index (χ4n) is 4.78. The molecule has 1 saturated carbocycles. The third-order valence-electron chi connectivity index (χ3n) is 6.64. The molecule has 0 aliphatic heterocycles. The Morgan fingerprint density at radius 2 is 1.94 bits per heavy atom. The number of fused-ring (bicyclic) bond motifs is 1. The van der Waals surface area contributed by atoms with Crippen LogP contribution in [0, 0.1) is 5.82 Å². The van der Waals surface area contributed by atoms with Crippen molar-refractivity contribution in [3.63, 3.8) is 0 Å². The molecule has 3 aromatic rings. The zero-order valence-corrected chi connectivity index (χ0v) is 18.4. The summed E-state index contributed by atoms with van der Waals surface area (Å²) in [5.41, 5.74) is 7.27. The maximum absolute atomic E-state index is 13.5. The van der Waals surface area contributed by atoms with Crippen LogP contribution in [0.25, 0.3) is 10.8 Å². The average Bonchev–Trinajstić information content (AvgIpc) is 2.77. The first-order valence-electron chi connectivity index (χ1n) is 10.9. The highest BCUT2D eigenvalue weighted by Gasteiger charge is 2.38. The SMILES string of the molecule is CCC(N)C[C@]1(c2ccc(F)cc2)CC[C@H](Oc2cc3cc[nH]c(=O)c3cc2Cl)CC1. The average molecular weight is 443 g/mol. The van der Waals surface area contributed by atoms with Crippen molar-refractivity contribution >= 4 is 22.4 Å². The number of nitrogens with one attached hydrogen (secondary N) is 1. The van der Waals surface area contributed by atoms with E-state index in [1.165, 1.54) is 12.1 Å².